The number of nitrogens with zero attached hydrogens (tertiary/aromatic N) is 1. The highest BCUT2D eigenvalue weighted by atomic mass is 16.5. The summed E-state index contributed by atoms with van der Waals surface area (Å²) in [6, 6.07) is 10.0. The molecule has 2 rings (SSSR count). The molecule has 4 nitrogen and oxygen atoms in total. The molecule has 0 spiro atoms. The second-order valence-electron chi connectivity index (χ2n) is 5.81. The van der Waals surface area contributed by atoms with Gasteiger partial charge in [-0.1, -0.05) is 30.3 Å². The summed E-state index contributed by atoms with van der Waals surface area (Å²) in [5, 5.41) is 0. The molecule has 116 valence electrons. The monoisotopic (exact) mass is 291 g/mol. The van der Waals surface area contributed by atoms with Crippen LogP contribution in [0.25, 0.3) is 0 Å². The van der Waals surface area contributed by atoms with Gasteiger partial charge in [0, 0.05) is 26.2 Å². The Morgan fingerprint density at radius 2 is 1.95 bits per heavy atom. The normalized spacial score (nSPS) is 17.7. The Balaban J connectivity index is 1.99. The molecular formula is C17H25NO3. The van der Waals surface area contributed by atoms with Crippen LogP contribution < -0.4 is 0 Å². The number of ether oxygens (including phenoxy) is 2. The molecule has 0 bridgehead atoms. The Bertz CT molecular complexity index is 427. The van der Waals surface area contributed by atoms with Gasteiger partial charge >= 0.3 is 5.97 Å². The second-order valence-corrected chi connectivity index (χ2v) is 5.81. The van der Waals surface area contributed by atoms with Crippen molar-refractivity contribution in [3.8, 4) is 0 Å². The van der Waals surface area contributed by atoms with Crippen molar-refractivity contribution >= 4 is 5.97 Å². The largest absolute Gasteiger partial charge is 0.457 e. The summed E-state index contributed by atoms with van der Waals surface area (Å²) in [6.45, 7) is 2.21. The van der Waals surface area contributed by atoms with Crippen LogP contribution in [0.3, 0.4) is 0 Å². The van der Waals surface area contributed by atoms with E-state index >= 15 is 0 Å². The van der Waals surface area contributed by atoms with E-state index in [0.29, 0.717) is 13.2 Å². The maximum atomic E-state index is 12.3. The standard InChI is InChI=1S/C17H25NO3/c1-18(2)11-8-16(14-6-4-3-5-7-14)21-17(19)15-9-12-20-13-10-15/h3-7,15-16H,8-13H2,1-2H3. The highest BCUT2D eigenvalue weighted by molar-refractivity contribution is 5.72. The van der Waals surface area contributed by atoms with Crippen molar-refractivity contribution in [2.24, 2.45) is 5.92 Å². The van der Waals surface area contributed by atoms with E-state index in [1.165, 1.54) is 0 Å². The van der Waals surface area contributed by atoms with Gasteiger partial charge < -0.3 is 14.4 Å². The fourth-order valence-corrected chi connectivity index (χ4v) is 2.51. The highest BCUT2D eigenvalue weighted by Gasteiger charge is 2.26. The lowest BCUT2D eigenvalue weighted by Gasteiger charge is -2.25. The van der Waals surface area contributed by atoms with Crippen molar-refractivity contribution in [2.75, 3.05) is 33.9 Å². The van der Waals surface area contributed by atoms with Gasteiger partial charge in [-0.05, 0) is 32.5 Å². The summed E-state index contributed by atoms with van der Waals surface area (Å²) in [5.41, 5.74) is 1.07. The quantitative estimate of drug-likeness (QED) is 0.755. The van der Waals surface area contributed by atoms with Crippen molar-refractivity contribution in [3.63, 3.8) is 0 Å². The van der Waals surface area contributed by atoms with Crippen LogP contribution in [0.5, 0.6) is 0 Å². The fourth-order valence-electron chi connectivity index (χ4n) is 2.51. The van der Waals surface area contributed by atoms with Gasteiger partial charge in [-0.15, -0.1) is 0 Å². The Morgan fingerprint density at radius 3 is 2.57 bits per heavy atom. The minimum Gasteiger partial charge on any atom is -0.457 e. The minimum atomic E-state index is -0.163. The third kappa shape index (κ3) is 5.14. The van der Waals surface area contributed by atoms with Crippen LogP contribution >= 0.6 is 0 Å². The van der Waals surface area contributed by atoms with Crippen LogP contribution in [-0.2, 0) is 14.3 Å². The SMILES string of the molecule is CN(C)CCC(OC(=O)C1CCOCC1)c1ccccc1. The molecule has 0 N–H and O–H groups in total. The molecule has 1 aromatic rings. The lowest BCUT2D eigenvalue weighted by atomic mass is 10.00. The van der Waals surface area contributed by atoms with Crippen molar-refractivity contribution in [2.45, 2.75) is 25.4 Å². The molecule has 4 heteroatoms. The van der Waals surface area contributed by atoms with E-state index in [4.69, 9.17) is 9.47 Å². The van der Waals surface area contributed by atoms with E-state index in [-0.39, 0.29) is 18.0 Å². The fraction of sp³-hybridized carbons (Fsp3) is 0.588. The predicted molar refractivity (Wildman–Crippen MR) is 82.0 cm³/mol. The van der Waals surface area contributed by atoms with Crippen LogP contribution in [0.1, 0.15) is 30.9 Å². The van der Waals surface area contributed by atoms with Crippen molar-refractivity contribution in [1.82, 2.24) is 4.90 Å². The van der Waals surface area contributed by atoms with Crippen molar-refractivity contribution in [1.29, 1.82) is 0 Å². The summed E-state index contributed by atoms with van der Waals surface area (Å²) in [7, 11) is 4.06. The number of hydrogen-bond donors (Lipinski definition) is 0. The third-order valence-electron chi connectivity index (χ3n) is 3.82. The first-order valence-corrected chi connectivity index (χ1v) is 7.64. The van der Waals surface area contributed by atoms with E-state index in [0.717, 1.165) is 31.4 Å². The lowest BCUT2D eigenvalue weighted by Crippen LogP contribution is -2.27. The molecule has 1 aromatic carbocycles. The maximum absolute atomic E-state index is 12.3. The summed E-state index contributed by atoms with van der Waals surface area (Å²) in [5.74, 6) is -0.0878. The van der Waals surface area contributed by atoms with Gasteiger partial charge in [0.25, 0.3) is 0 Å². The smallest absolute Gasteiger partial charge is 0.309 e. The first-order chi connectivity index (χ1) is 10.2. The van der Waals surface area contributed by atoms with Gasteiger partial charge in [0.15, 0.2) is 0 Å². The first-order valence-electron chi connectivity index (χ1n) is 7.64. The summed E-state index contributed by atoms with van der Waals surface area (Å²) < 4.78 is 11.1. The van der Waals surface area contributed by atoms with Crippen molar-refractivity contribution < 1.29 is 14.3 Å². The number of esters is 1. The summed E-state index contributed by atoms with van der Waals surface area (Å²) >= 11 is 0. The molecule has 1 heterocycles. The molecule has 1 fully saturated rings. The van der Waals surface area contributed by atoms with Crippen molar-refractivity contribution in [3.05, 3.63) is 35.9 Å². The third-order valence-corrected chi connectivity index (χ3v) is 3.82. The van der Waals surface area contributed by atoms with E-state index in [1.807, 2.05) is 44.4 Å². The van der Waals surface area contributed by atoms with Crippen LogP contribution in [0, 0.1) is 5.92 Å². The topological polar surface area (TPSA) is 38.8 Å². The van der Waals surface area contributed by atoms with Crippen LogP contribution in [0.15, 0.2) is 30.3 Å². The number of benzene rings is 1. The maximum Gasteiger partial charge on any atom is 0.309 e. The average molecular weight is 291 g/mol. The zero-order valence-corrected chi connectivity index (χ0v) is 13.0. The van der Waals surface area contributed by atoms with Gasteiger partial charge in [0.2, 0.25) is 0 Å². The second kappa shape index (κ2) is 8.15. The Kier molecular flexibility index (Phi) is 6.21. The average Bonchev–Trinajstić information content (AvgIpc) is 2.52. The number of carbonyl (C=O) groups excluding carboxylic acids is 1. The highest BCUT2D eigenvalue weighted by Crippen LogP contribution is 2.25. The molecule has 1 aliphatic rings. The van der Waals surface area contributed by atoms with E-state index in [1.54, 1.807) is 0 Å². The molecule has 1 atom stereocenters. The molecule has 1 unspecified atom stereocenters. The Labute approximate surface area is 127 Å². The van der Waals surface area contributed by atoms with Gasteiger partial charge in [0.05, 0.1) is 5.92 Å². The molecule has 0 saturated carbocycles. The zero-order chi connectivity index (χ0) is 15.1. The molecule has 0 amide bonds. The number of carbonyl (C=O) groups is 1. The molecular weight excluding hydrogens is 266 g/mol. The van der Waals surface area contributed by atoms with Crippen LogP contribution in [-0.4, -0.2) is 44.7 Å². The number of rotatable bonds is 6. The summed E-state index contributed by atoms with van der Waals surface area (Å²) in [6.07, 6.45) is 2.19. The van der Waals surface area contributed by atoms with Crippen LogP contribution in [0.2, 0.25) is 0 Å². The molecule has 1 aliphatic heterocycles. The molecule has 1 saturated heterocycles. The van der Waals surface area contributed by atoms with E-state index < -0.39 is 0 Å². The van der Waals surface area contributed by atoms with Gasteiger partial charge in [-0.25, -0.2) is 0 Å². The van der Waals surface area contributed by atoms with Gasteiger partial charge in [-0.3, -0.25) is 4.79 Å². The van der Waals surface area contributed by atoms with E-state index in [2.05, 4.69) is 4.90 Å². The molecule has 0 aromatic heterocycles. The predicted octanol–water partition coefficient (Wildman–Crippen LogP) is 2.65. The Morgan fingerprint density at radius 1 is 1.29 bits per heavy atom. The van der Waals surface area contributed by atoms with E-state index in [9.17, 15) is 4.79 Å². The number of hydrogen-bond acceptors (Lipinski definition) is 4. The minimum absolute atomic E-state index is 0.00989. The first kappa shape index (κ1) is 16.0. The zero-order valence-electron chi connectivity index (χ0n) is 13.0. The molecule has 0 radical (unpaired) electrons. The lowest BCUT2D eigenvalue weighted by molar-refractivity contribution is -0.158. The van der Waals surface area contributed by atoms with Gasteiger partial charge in [-0.2, -0.15) is 0 Å². The molecule has 0 aliphatic carbocycles. The van der Waals surface area contributed by atoms with Crippen LogP contribution in [0.4, 0.5) is 0 Å². The Hall–Kier alpha value is -1.39. The molecule has 21 heavy (non-hydrogen) atoms. The summed E-state index contributed by atoms with van der Waals surface area (Å²) in [4.78, 5) is 14.4. The van der Waals surface area contributed by atoms with Gasteiger partial charge in [0.1, 0.15) is 6.10 Å².